The van der Waals surface area contributed by atoms with Crippen LogP contribution in [0.25, 0.3) is 55.6 Å². The van der Waals surface area contributed by atoms with Crippen LogP contribution in [0.3, 0.4) is 0 Å². The molecule has 10 aromatic carbocycles. The Kier molecular flexibility index (Phi) is 29.4. The number of halogens is 13. The molecular formula is C108H80ClF12N17O5. The van der Waals surface area contributed by atoms with Gasteiger partial charge in [-0.05, 0) is 230 Å². The zero-order chi connectivity index (χ0) is 101. The summed E-state index contributed by atoms with van der Waals surface area (Å²) in [5.74, 6) is -1.77. The zero-order valence-corrected chi connectivity index (χ0v) is 76.7. The number of rotatable bonds is 12. The van der Waals surface area contributed by atoms with Gasteiger partial charge in [-0.2, -0.15) is 52.7 Å². The number of fused-ring (bicyclic) bond motifs is 5. The Bertz CT molecular complexity index is 7170. The van der Waals surface area contributed by atoms with Crippen molar-refractivity contribution in [3.63, 3.8) is 0 Å². The minimum Gasteiger partial charge on any atom is -0.377 e. The number of nitrogens with one attached hydrogen (secondary N) is 5. The highest BCUT2D eigenvalue weighted by molar-refractivity contribution is 6.31. The predicted molar refractivity (Wildman–Crippen MR) is 531 cm³/mol. The fraction of sp³-hybridized carbons (Fsp3) is 0.120. The Morgan fingerprint density at radius 1 is 0.245 bits per heavy atom. The lowest BCUT2D eigenvalue weighted by molar-refractivity contribution is -0.138. The summed E-state index contributed by atoms with van der Waals surface area (Å²) in [5, 5.41) is 13.6. The Hall–Kier alpha value is -17.3. The first-order valence-corrected chi connectivity index (χ1v) is 44.3. The Morgan fingerprint density at radius 2 is 0.497 bits per heavy atom. The van der Waals surface area contributed by atoms with Crippen molar-refractivity contribution in [2.75, 3.05) is 64.6 Å². The molecule has 0 spiro atoms. The van der Waals surface area contributed by atoms with Gasteiger partial charge in [-0.15, -0.1) is 0 Å². The smallest absolute Gasteiger partial charge is 0.377 e. The molecule has 5 aliphatic heterocycles. The van der Waals surface area contributed by atoms with Gasteiger partial charge in [0.05, 0.1) is 151 Å². The summed E-state index contributed by atoms with van der Waals surface area (Å²) < 4.78 is 159. The average Bonchev–Trinajstić information content (AvgIpc) is 1.76. The van der Waals surface area contributed by atoms with Crippen molar-refractivity contribution in [2.45, 2.75) is 56.8 Å². The second-order valence-electron chi connectivity index (χ2n) is 33.2. The standard InChI is InChI=1S/2C23H19F3N4O.2C21H14F3N3O.C20H14ClN3O/c1-30(2)21-11-20-19(10-17(21)23(24,25)26)29-22(31)12-18(28-20)15-6-3-5-14(9-15)16-7-4-8-27-13-16;1-30(2)21-12-20-19(11-17(21)23(24,25)26)29-22(31)13-18(28-20)16-5-3-4-15(10-16)14-6-8-27-9-7-14;22-21(23,24)16-6-7-17-19(10-16)27-20(28)11-18(26-17)14-4-1-3-13(9-14)15-5-2-8-25-12-15;22-21(23,24)16-4-5-17-19(11-16)27-20(28)12-18(26-17)15-3-1-2-14(10-15)13-6-8-25-9-7-13;21-16-4-5-17-19(11-16)24-20(25)12-18(23-17)15-3-1-2-14(10-15)13-6-8-22-9-7-13/h3-11,13H,12H2,1-2H3,(H,29,31);3-12H,13H2,1-2H3,(H,29,31);1-10,12H,11H2,(H,27,28);1-11H,12H2,(H,27,28);1-11H,12H2,(H,24,25). The van der Waals surface area contributed by atoms with Crippen molar-refractivity contribution < 1.29 is 76.7 Å². The number of aromatic nitrogens is 5. The average molecular weight is 1960 g/mol. The van der Waals surface area contributed by atoms with Gasteiger partial charge in [-0.1, -0.05) is 115 Å². The first-order valence-electron chi connectivity index (χ1n) is 43.9. The number of alkyl halides is 12. The fourth-order valence-corrected chi connectivity index (χ4v) is 16.0. The van der Waals surface area contributed by atoms with Gasteiger partial charge in [0, 0.05) is 106 Å². The van der Waals surface area contributed by atoms with Crippen molar-refractivity contribution >= 4 is 138 Å². The fourth-order valence-electron chi connectivity index (χ4n) is 15.8. The molecule has 0 fully saturated rings. The lowest BCUT2D eigenvalue weighted by Gasteiger charge is -2.21. The van der Waals surface area contributed by atoms with E-state index in [1.807, 2.05) is 188 Å². The molecule has 0 bridgehead atoms. The molecule has 0 saturated heterocycles. The molecule has 10 heterocycles. The summed E-state index contributed by atoms with van der Waals surface area (Å²) in [7, 11) is 6.15. The number of carbonyl (C=O) groups is 5. The summed E-state index contributed by atoms with van der Waals surface area (Å²) in [6.07, 6.45) is -0.941. The Balaban J connectivity index is 0.000000129. The van der Waals surface area contributed by atoms with Gasteiger partial charge in [0.25, 0.3) is 0 Å². The van der Waals surface area contributed by atoms with Gasteiger partial charge >= 0.3 is 24.7 Å². The number of aliphatic imine (C=N–C) groups is 5. The van der Waals surface area contributed by atoms with Crippen LogP contribution in [0.2, 0.25) is 5.02 Å². The molecule has 0 radical (unpaired) electrons. The first kappa shape index (κ1) is 98.7. The van der Waals surface area contributed by atoms with Crippen LogP contribution in [0.1, 0.15) is 82.2 Å². The van der Waals surface area contributed by atoms with E-state index in [-0.39, 0.29) is 83.5 Å². The minimum absolute atomic E-state index is 0.0176. The zero-order valence-electron chi connectivity index (χ0n) is 76.0. The Labute approximate surface area is 815 Å². The van der Waals surface area contributed by atoms with Gasteiger partial charge in [0.15, 0.2) is 0 Å². The third-order valence-electron chi connectivity index (χ3n) is 22.7. The maximum Gasteiger partial charge on any atom is 0.418 e. The SMILES string of the molecule is CN(C)c1cc2c(cc1C(F)(F)F)NC(=O)CC(c1cccc(-c3cccnc3)c1)=N2.CN(C)c1cc2c(cc1C(F)(F)F)NC(=O)CC(c1cccc(-c3ccncc3)c1)=N2.O=C1CC(c2cccc(-c3cccnc3)c2)=Nc2ccc(C(F)(F)F)cc2N1.O=C1CC(c2cccc(-c3ccncc3)c2)=Nc2ccc(C(F)(F)F)cc2N1.O=C1CC(c2cccc(-c3ccncc3)c2)=Nc2ccc(Cl)cc2N1. The van der Waals surface area contributed by atoms with Crippen molar-refractivity contribution in [3.05, 3.63) is 378 Å². The molecule has 5 N–H and O–H groups in total. The van der Waals surface area contributed by atoms with Crippen LogP contribution in [0.5, 0.6) is 0 Å². The minimum atomic E-state index is -4.56. The second-order valence-corrected chi connectivity index (χ2v) is 33.6. The summed E-state index contributed by atoms with van der Waals surface area (Å²) in [6, 6.07) is 73.1. The third-order valence-corrected chi connectivity index (χ3v) is 22.9. The molecule has 0 saturated carbocycles. The molecule has 0 aliphatic carbocycles. The summed E-state index contributed by atoms with van der Waals surface area (Å²) in [5.41, 5.74) is 15.4. The van der Waals surface area contributed by atoms with Crippen LogP contribution in [-0.2, 0) is 48.7 Å². The largest absolute Gasteiger partial charge is 0.418 e. The molecule has 22 nitrogen and oxygen atoms in total. The molecule has 15 aromatic rings. The molecule has 5 aliphatic rings. The first-order chi connectivity index (χ1) is 68.4. The van der Waals surface area contributed by atoms with Gasteiger partial charge in [-0.25, -0.2) is 0 Å². The van der Waals surface area contributed by atoms with Crippen molar-refractivity contribution in [1.82, 2.24) is 24.9 Å². The second kappa shape index (κ2) is 42.6. The van der Waals surface area contributed by atoms with Crippen LogP contribution in [-0.4, -0.2) is 111 Å². The van der Waals surface area contributed by atoms with Crippen LogP contribution in [0.4, 0.5) is 121 Å². The monoisotopic (exact) mass is 1960 g/mol. The van der Waals surface area contributed by atoms with Gasteiger partial charge in [0.1, 0.15) is 0 Å². The van der Waals surface area contributed by atoms with E-state index in [0.717, 1.165) is 126 Å². The van der Waals surface area contributed by atoms with Crippen molar-refractivity contribution in [1.29, 1.82) is 0 Å². The lowest BCUT2D eigenvalue weighted by atomic mass is 10.0. The molecule has 20 rings (SSSR count). The number of nitrogens with zero attached hydrogens (tertiary/aromatic N) is 12. The number of amides is 5. The van der Waals surface area contributed by atoms with Gasteiger partial charge < -0.3 is 36.4 Å². The van der Waals surface area contributed by atoms with Crippen LogP contribution < -0.4 is 36.4 Å². The van der Waals surface area contributed by atoms with Gasteiger partial charge in [0.2, 0.25) is 29.5 Å². The molecule has 0 unspecified atom stereocenters. The highest BCUT2D eigenvalue weighted by atomic mass is 35.5. The number of hydrogen-bond acceptors (Lipinski definition) is 17. The molecular weight excluding hydrogens is 1880 g/mol. The highest BCUT2D eigenvalue weighted by Gasteiger charge is 2.39. The quantitative estimate of drug-likeness (QED) is 0.0714. The normalized spacial score (nSPS) is 13.8. The van der Waals surface area contributed by atoms with E-state index < -0.39 is 70.6 Å². The van der Waals surface area contributed by atoms with Crippen LogP contribution >= 0.6 is 11.6 Å². The van der Waals surface area contributed by atoms with Crippen molar-refractivity contribution in [2.24, 2.45) is 25.0 Å². The Morgan fingerprint density at radius 3 is 0.762 bits per heavy atom. The van der Waals surface area contributed by atoms with E-state index in [2.05, 4.69) is 71.5 Å². The van der Waals surface area contributed by atoms with Crippen molar-refractivity contribution in [3.8, 4) is 55.6 Å². The van der Waals surface area contributed by atoms with Gasteiger partial charge in [-0.3, -0.25) is 73.9 Å². The topological polar surface area (TPSA) is 278 Å². The van der Waals surface area contributed by atoms with E-state index in [9.17, 15) is 76.7 Å². The number of pyridine rings is 5. The molecule has 5 amide bonds. The maximum atomic E-state index is 13.5. The third kappa shape index (κ3) is 24.7. The lowest BCUT2D eigenvalue weighted by Crippen LogP contribution is -2.18. The molecule has 0 atom stereocenters. The number of benzene rings is 10. The number of hydrogen-bond donors (Lipinski definition) is 5. The van der Waals surface area contributed by atoms with E-state index in [0.29, 0.717) is 50.6 Å². The predicted octanol–water partition coefficient (Wildman–Crippen LogP) is 25.9. The van der Waals surface area contributed by atoms with E-state index >= 15 is 0 Å². The molecule has 5 aromatic heterocycles. The number of anilines is 7. The highest BCUT2D eigenvalue weighted by Crippen LogP contribution is 2.47. The van der Waals surface area contributed by atoms with Crippen LogP contribution in [0, 0.1) is 0 Å². The van der Waals surface area contributed by atoms with E-state index in [1.165, 1.54) is 62.3 Å². The van der Waals surface area contributed by atoms with E-state index in [1.54, 1.807) is 74.1 Å². The molecule has 35 heteroatoms. The molecule has 143 heavy (non-hydrogen) atoms. The maximum absolute atomic E-state index is 13.5. The summed E-state index contributed by atoms with van der Waals surface area (Å²) >= 11 is 6.01. The molecule has 718 valence electrons. The summed E-state index contributed by atoms with van der Waals surface area (Å²) in [4.78, 5) is 108. The van der Waals surface area contributed by atoms with E-state index in [4.69, 9.17) is 16.6 Å². The number of carbonyl (C=O) groups excluding carboxylic acids is 5. The summed E-state index contributed by atoms with van der Waals surface area (Å²) in [6.45, 7) is 0. The van der Waals surface area contributed by atoms with Crippen LogP contribution in [0.15, 0.2) is 348 Å².